The fraction of sp³-hybridized carbons (Fsp3) is 0.444. The Hall–Kier alpha value is -4.35. The maximum Gasteiger partial charge on any atom is 0.276 e. The molecule has 0 aliphatic carbocycles. The molecule has 2 bridgehead atoms. The van der Waals surface area contributed by atoms with Crippen LogP contribution in [0.25, 0.3) is 0 Å². The van der Waals surface area contributed by atoms with Crippen LogP contribution < -0.4 is 14.8 Å². The van der Waals surface area contributed by atoms with Gasteiger partial charge >= 0.3 is 0 Å². The minimum atomic E-state index is -0.461. The van der Waals surface area contributed by atoms with Gasteiger partial charge in [0, 0.05) is 45.3 Å². The number of hydrogen-bond donors (Lipinski definition) is 1. The standard InChI is InChI=1S/C27H32N6O6/c1-17-24(30-16-39-17)27(36)32-8-4-7-28-25(34)20-13-33(26(35)21-14-31(2)15-29-21)12-19(20)18-5-6-22(37-3)23(11-18)38-10-9-32/h5-6,11,14-16,19-20H,4,7-10,12-13H2,1-3H3,(H,28,34)/t19-,20+/m1/s1. The highest BCUT2D eigenvalue weighted by atomic mass is 16.5. The first kappa shape index (κ1) is 26.3. The number of ether oxygens (including phenoxy) is 2. The van der Waals surface area contributed by atoms with Crippen molar-refractivity contribution in [3.63, 3.8) is 0 Å². The van der Waals surface area contributed by atoms with Crippen LogP contribution in [0.15, 0.2) is 41.5 Å². The van der Waals surface area contributed by atoms with Crippen molar-refractivity contribution < 1.29 is 28.3 Å². The number of hydrogen-bond acceptors (Lipinski definition) is 8. The highest BCUT2D eigenvalue weighted by molar-refractivity contribution is 5.94. The number of rotatable bonds is 3. The number of likely N-dealkylation sites (tertiary alicyclic amines) is 1. The molecule has 1 fully saturated rings. The van der Waals surface area contributed by atoms with Gasteiger partial charge in [-0.2, -0.15) is 0 Å². The number of imidazole rings is 1. The molecule has 3 aromatic rings. The lowest BCUT2D eigenvalue weighted by atomic mass is 9.88. The zero-order valence-electron chi connectivity index (χ0n) is 22.3. The van der Waals surface area contributed by atoms with Crippen LogP contribution in [0.4, 0.5) is 0 Å². The number of carbonyl (C=O) groups excluding carboxylic acids is 3. The number of aromatic nitrogens is 3. The number of aryl methyl sites for hydroxylation is 2. The number of nitrogens with one attached hydrogen (secondary N) is 1. The predicted octanol–water partition coefficient (Wildman–Crippen LogP) is 1.62. The molecule has 2 aliphatic rings. The molecule has 3 amide bonds. The normalized spacial score (nSPS) is 20.0. The topological polar surface area (TPSA) is 132 Å². The number of oxazole rings is 1. The highest BCUT2D eigenvalue weighted by Gasteiger charge is 2.41. The van der Waals surface area contributed by atoms with Crippen molar-refractivity contribution in [2.24, 2.45) is 13.0 Å². The van der Waals surface area contributed by atoms with Crippen LogP contribution in [0, 0.1) is 12.8 Å². The molecule has 0 radical (unpaired) electrons. The zero-order chi connectivity index (χ0) is 27.5. The average Bonchev–Trinajstić information content (AvgIpc) is 3.68. The molecule has 0 spiro atoms. The third-order valence-electron chi connectivity index (χ3n) is 7.24. The lowest BCUT2D eigenvalue weighted by Gasteiger charge is -2.24. The Morgan fingerprint density at radius 2 is 1.92 bits per heavy atom. The number of nitrogens with zero attached hydrogens (tertiary/aromatic N) is 5. The summed E-state index contributed by atoms with van der Waals surface area (Å²) in [4.78, 5) is 51.3. The summed E-state index contributed by atoms with van der Waals surface area (Å²) in [7, 11) is 3.36. The molecule has 5 rings (SSSR count). The molecule has 39 heavy (non-hydrogen) atoms. The summed E-state index contributed by atoms with van der Waals surface area (Å²) >= 11 is 0. The lowest BCUT2D eigenvalue weighted by molar-refractivity contribution is -0.124. The van der Waals surface area contributed by atoms with Crippen molar-refractivity contribution >= 4 is 17.7 Å². The molecule has 2 aliphatic heterocycles. The molecular weight excluding hydrogens is 504 g/mol. The van der Waals surface area contributed by atoms with Gasteiger partial charge in [0.2, 0.25) is 5.91 Å². The van der Waals surface area contributed by atoms with E-state index in [0.717, 1.165) is 5.56 Å². The zero-order valence-corrected chi connectivity index (χ0v) is 22.3. The smallest absolute Gasteiger partial charge is 0.276 e. The van der Waals surface area contributed by atoms with E-state index >= 15 is 0 Å². The van der Waals surface area contributed by atoms with Crippen LogP contribution >= 0.6 is 0 Å². The minimum absolute atomic E-state index is 0.142. The third kappa shape index (κ3) is 5.45. The molecule has 0 saturated carbocycles. The van der Waals surface area contributed by atoms with Crippen molar-refractivity contribution in [3.05, 3.63) is 59.8 Å². The van der Waals surface area contributed by atoms with Crippen molar-refractivity contribution in [3.8, 4) is 11.5 Å². The Kier molecular flexibility index (Phi) is 7.53. The van der Waals surface area contributed by atoms with E-state index in [4.69, 9.17) is 13.9 Å². The van der Waals surface area contributed by atoms with Crippen molar-refractivity contribution in [2.45, 2.75) is 19.3 Å². The van der Waals surface area contributed by atoms with E-state index in [1.807, 2.05) is 12.1 Å². The van der Waals surface area contributed by atoms with E-state index in [-0.39, 0.29) is 42.5 Å². The molecule has 2 aromatic heterocycles. The second kappa shape index (κ2) is 11.2. The van der Waals surface area contributed by atoms with Crippen LogP contribution in [0.3, 0.4) is 0 Å². The molecule has 1 saturated heterocycles. The number of carbonyl (C=O) groups is 3. The van der Waals surface area contributed by atoms with E-state index in [1.165, 1.54) is 6.39 Å². The molecule has 2 atom stereocenters. The van der Waals surface area contributed by atoms with Gasteiger partial charge < -0.3 is 33.6 Å². The molecule has 0 unspecified atom stereocenters. The fourth-order valence-corrected chi connectivity index (χ4v) is 5.15. The van der Waals surface area contributed by atoms with Crippen LogP contribution in [0.2, 0.25) is 0 Å². The van der Waals surface area contributed by atoms with Gasteiger partial charge in [-0.15, -0.1) is 0 Å². The molecule has 1 aromatic carbocycles. The largest absolute Gasteiger partial charge is 0.493 e. The van der Waals surface area contributed by atoms with Gasteiger partial charge in [0.15, 0.2) is 23.6 Å². The summed E-state index contributed by atoms with van der Waals surface area (Å²) < 4.78 is 18.6. The minimum Gasteiger partial charge on any atom is -0.493 e. The summed E-state index contributed by atoms with van der Waals surface area (Å²) in [5.41, 5.74) is 1.46. The molecule has 206 valence electrons. The summed E-state index contributed by atoms with van der Waals surface area (Å²) in [6.07, 6.45) is 5.04. The first-order chi connectivity index (χ1) is 18.9. The highest BCUT2D eigenvalue weighted by Crippen LogP contribution is 2.38. The monoisotopic (exact) mass is 536 g/mol. The van der Waals surface area contributed by atoms with Crippen LogP contribution in [0.1, 0.15) is 44.6 Å². The summed E-state index contributed by atoms with van der Waals surface area (Å²) in [6.45, 7) is 3.65. The van der Waals surface area contributed by atoms with Crippen molar-refractivity contribution in [1.82, 2.24) is 29.7 Å². The Labute approximate surface area is 225 Å². The molecule has 1 N–H and O–H groups in total. The first-order valence-electron chi connectivity index (χ1n) is 12.9. The van der Waals surface area contributed by atoms with Crippen molar-refractivity contribution in [1.29, 1.82) is 0 Å². The van der Waals surface area contributed by atoms with Gasteiger partial charge in [-0.05, 0) is 31.0 Å². The Morgan fingerprint density at radius 3 is 2.64 bits per heavy atom. The quantitative estimate of drug-likeness (QED) is 0.534. The van der Waals surface area contributed by atoms with Gasteiger partial charge in [-0.25, -0.2) is 9.97 Å². The Balaban J connectivity index is 1.41. The van der Waals surface area contributed by atoms with E-state index < -0.39 is 5.92 Å². The first-order valence-corrected chi connectivity index (χ1v) is 12.9. The number of benzene rings is 1. The number of methoxy groups -OCH3 is 1. The number of fused-ring (bicyclic) bond motifs is 4. The second-order valence-electron chi connectivity index (χ2n) is 9.80. The summed E-state index contributed by atoms with van der Waals surface area (Å²) in [5, 5.41) is 3.02. The van der Waals surface area contributed by atoms with E-state index in [2.05, 4.69) is 15.3 Å². The van der Waals surface area contributed by atoms with Crippen LogP contribution in [-0.4, -0.2) is 88.5 Å². The molecule has 12 heteroatoms. The Bertz CT molecular complexity index is 1370. The van der Waals surface area contributed by atoms with Gasteiger partial charge in [0.05, 0.1) is 25.9 Å². The van der Waals surface area contributed by atoms with Gasteiger partial charge in [-0.1, -0.05) is 6.07 Å². The van der Waals surface area contributed by atoms with E-state index in [0.29, 0.717) is 55.6 Å². The SMILES string of the molecule is COc1ccc2cc1OCCN(C(=O)c1ncoc1C)CCCNC(=O)[C@H]1CN(C(=O)c3cn(C)cn3)C[C@H]21. The lowest BCUT2D eigenvalue weighted by Crippen LogP contribution is -2.39. The second-order valence-corrected chi connectivity index (χ2v) is 9.80. The molecular formula is C27H32N6O6. The van der Waals surface area contributed by atoms with Crippen LogP contribution in [0.5, 0.6) is 11.5 Å². The molecule has 4 heterocycles. The van der Waals surface area contributed by atoms with Gasteiger partial charge in [0.1, 0.15) is 18.1 Å². The Morgan fingerprint density at radius 1 is 1.10 bits per heavy atom. The fourth-order valence-electron chi connectivity index (χ4n) is 5.15. The van der Waals surface area contributed by atoms with Crippen molar-refractivity contribution in [2.75, 3.05) is 46.4 Å². The van der Waals surface area contributed by atoms with E-state index in [9.17, 15) is 14.4 Å². The van der Waals surface area contributed by atoms with Crippen LogP contribution in [-0.2, 0) is 11.8 Å². The maximum absolute atomic E-state index is 13.4. The summed E-state index contributed by atoms with van der Waals surface area (Å²) in [5.74, 6) is 0.179. The average molecular weight is 537 g/mol. The predicted molar refractivity (Wildman–Crippen MR) is 139 cm³/mol. The maximum atomic E-state index is 13.4. The van der Waals surface area contributed by atoms with Gasteiger partial charge in [-0.3, -0.25) is 14.4 Å². The summed E-state index contributed by atoms with van der Waals surface area (Å²) in [6, 6.07) is 5.56. The van der Waals surface area contributed by atoms with Gasteiger partial charge in [0.25, 0.3) is 11.8 Å². The third-order valence-corrected chi connectivity index (χ3v) is 7.24. The number of amides is 3. The molecule has 12 nitrogen and oxygen atoms in total. The van der Waals surface area contributed by atoms with E-state index in [1.54, 1.807) is 54.0 Å².